The van der Waals surface area contributed by atoms with Crippen LogP contribution in [0.4, 0.5) is 0 Å². The van der Waals surface area contributed by atoms with E-state index in [4.69, 9.17) is 34.8 Å². The van der Waals surface area contributed by atoms with Gasteiger partial charge in [-0.1, -0.05) is 34.8 Å². The minimum absolute atomic E-state index is 0.633. The Morgan fingerprint density at radius 2 is 2.00 bits per heavy atom. The summed E-state index contributed by atoms with van der Waals surface area (Å²) in [5.41, 5.74) is 1.74. The lowest BCUT2D eigenvalue weighted by molar-refractivity contribution is 0.696. The second-order valence-electron chi connectivity index (χ2n) is 3.71. The number of allylic oxidation sites excluding steroid dienone is 4. The average molecular weight is 310 g/mol. The van der Waals surface area contributed by atoms with Crippen LogP contribution in [0.5, 0.6) is 0 Å². The van der Waals surface area contributed by atoms with E-state index in [1.165, 1.54) is 0 Å². The third-order valence-corrected chi connectivity index (χ3v) is 4.56. The van der Waals surface area contributed by atoms with Gasteiger partial charge in [-0.2, -0.15) is 5.10 Å². The molecule has 1 aromatic rings. The van der Waals surface area contributed by atoms with Gasteiger partial charge >= 0.3 is 0 Å². The van der Waals surface area contributed by atoms with Crippen molar-refractivity contribution in [3.63, 3.8) is 0 Å². The molecule has 0 spiro atoms. The van der Waals surface area contributed by atoms with Crippen molar-refractivity contribution in [2.75, 3.05) is 6.26 Å². The van der Waals surface area contributed by atoms with E-state index >= 15 is 0 Å². The SMILES string of the molecule is CSc1c(Cl)c(C2=C(Cl)C=C(Cl)CC2)nn1C. The summed E-state index contributed by atoms with van der Waals surface area (Å²) in [5.74, 6) is 0. The normalized spacial score (nSPS) is 16.4. The number of aryl methyl sites for hydroxylation is 1. The fourth-order valence-electron chi connectivity index (χ4n) is 1.79. The van der Waals surface area contributed by atoms with E-state index in [2.05, 4.69) is 5.10 Å². The zero-order valence-corrected chi connectivity index (χ0v) is 12.5. The van der Waals surface area contributed by atoms with Crippen LogP contribution in [0.1, 0.15) is 18.5 Å². The summed E-state index contributed by atoms with van der Waals surface area (Å²) in [6.07, 6.45) is 5.30. The maximum Gasteiger partial charge on any atom is 0.113 e. The van der Waals surface area contributed by atoms with E-state index < -0.39 is 0 Å². The number of hydrogen-bond acceptors (Lipinski definition) is 2. The lowest BCUT2D eigenvalue weighted by Gasteiger charge is -2.12. The first-order valence-electron chi connectivity index (χ1n) is 5.06. The van der Waals surface area contributed by atoms with Crippen molar-refractivity contribution < 1.29 is 0 Å². The molecule has 1 aliphatic rings. The topological polar surface area (TPSA) is 17.8 Å². The van der Waals surface area contributed by atoms with Crippen LogP contribution < -0.4 is 0 Å². The fraction of sp³-hybridized carbons (Fsp3) is 0.364. The first kappa shape index (κ1) is 13.3. The molecule has 0 bridgehead atoms. The quantitative estimate of drug-likeness (QED) is 0.739. The largest absolute Gasteiger partial charge is 0.260 e. The van der Waals surface area contributed by atoms with E-state index in [-0.39, 0.29) is 0 Å². The molecule has 1 aromatic heterocycles. The van der Waals surface area contributed by atoms with E-state index in [9.17, 15) is 0 Å². The number of nitrogens with zero attached hydrogens (tertiary/aromatic N) is 2. The molecule has 2 nitrogen and oxygen atoms in total. The summed E-state index contributed by atoms with van der Waals surface area (Å²) in [7, 11) is 1.88. The highest BCUT2D eigenvalue weighted by Gasteiger charge is 2.21. The van der Waals surface area contributed by atoms with Crippen molar-refractivity contribution in [1.29, 1.82) is 0 Å². The van der Waals surface area contributed by atoms with Gasteiger partial charge in [-0.15, -0.1) is 11.8 Å². The standard InChI is InChI=1S/C11H11Cl3N2S/c1-16-11(17-2)9(14)10(15-16)7-4-3-6(12)5-8(7)13/h5H,3-4H2,1-2H3. The molecule has 0 amide bonds. The molecule has 6 heteroatoms. The van der Waals surface area contributed by atoms with Crippen molar-refractivity contribution in [2.24, 2.45) is 7.05 Å². The second-order valence-corrected chi connectivity index (χ2v) is 5.78. The monoisotopic (exact) mass is 308 g/mol. The molecule has 0 radical (unpaired) electrons. The number of hydrogen-bond donors (Lipinski definition) is 0. The smallest absolute Gasteiger partial charge is 0.113 e. The van der Waals surface area contributed by atoms with Gasteiger partial charge < -0.3 is 0 Å². The van der Waals surface area contributed by atoms with Gasteiger partial charge in [0, 0.05) is 22.7 Å². The fourth-order valence-corrected chi connectivity index (χ4v) is 3.45. The van der Waals surface area contributed by atoms with E-state index in [1.807, 2.05) is 13.3 Å². The number of aromatic nitrogens is 2. The molecule has 2 rings (SSSR count). The van der Waals surface area contributed by atoms with Crippen LogP contribution in [-0.2, 0) is 7.05 Å². The zero-order chi connectivity index (χ0) is 12.6. The Balaban J connectivity index is 2.52. The highest BCUT2D eigenvalue weighted by molar-refractivity contribution is 7.98. The van der Waals surface area contributed by atoms with Gasteiger partial charge in [-0.25, -0.2) is 0 Å². The Hall–Kier alpha value is -0.0900. The molecule has 0 saturated heterocycles. The Bertz CT molecular complexity index is 517. The molecule has 17 heavy (non-hydrogen) atoms. The first-order valence-corrected chi connectivity index (χ1v) is 7.42. The maximum atomic E-state index is 6.31. The summed E-state index contributed by atoms with van der Waals surface area (Å²) < 4.78 is 1.78. The van der Waals surface area contributed by atoms with Gasteiger partial charge in [0.25, 0.3) is 0 Å². The zero-order valence-electron chi connectivity index (χ0n) is 9.43. The summed E-state index contributed by atoms with van der Waals surface area (Å²) in [4.78, 5) is 0. The number of thioether (sulfide) groups is 1. The summed E-state index contributed by atoms with van der Waals surface area (Å²) in [5, 5.41) is 7.45. The third-order valence-electron chi connectivity index (χ3n) is 2.60. The second kappa shape index (κ2) is 5.27. The van der Waals surface area contributed by atoms with Crippen LogP contribution in [-0.4, -0.2) is 16.0 Å². The van der Waals surface area contributed by atoms with Crippen molar-refractivity contribution >= 4 is 52.1 Å². The van der Waals surface area contributed by atoms with Crippen LogP contribution in [0.15, 0.2) is 21.2 Å². The number of halogens is 3. The van der Waals surface area contributed by atoms with Gasteiger partial charge in [0.05, 0.1) is 0 Å². The maximum absolute atomic E-state index is 6.31. The molecule has 0 fully saturated rings. The van der Waals surface area contributed by atoms with Gasteiger partial charge in [-0.05, 0) is 25.2 Å². The Morgan fingerprint density at radius 1 is 1.29 bits per heavy atom. The molecule has 0 aromatic carbocycles. The highest BCUT2D eigenvalue weighted by Crippen LogP contribution is 2.39. The summed E-state index contributed by atoms with van der Waals surface area (Å²) in [6.45, 7) is 0. The van der Waals surface area contributed by atoms with Crippen molar-refractivity contribution in [2.45, 2.75) is 17.9 Å². The van der Waals surface area contributed by atoms with Crippen molar-refractivity contribution in [1.82, 2.24) is 9.78 Å². The molecular weight excluding hydrogens is 299 g/mol. The van der Waals surface area contributed by atoms with Crippen LogP contribution in [0.3, 0.4) is 0 Å². The Morgan fingerprint density at radius 3 is 2.53 bits per heavy atom. The van der Waals surface area contributed by atoms with Gasteiger partial charge in [0.1, 0.15) is 15.7 Å². The van der Waals surface area contributed by atoms with E-state index in [0.717, 1.165) is 34.2 Å². The molecule has 0 N–H and O–H groups in total. The third kappa shape index (κ3) is 2.53. The average Bonchev–Trinajstić information content (AvgIpc) is 2.54. The van der Waals surface area contributed by atoms with Crippen LogP contribution in [0, 0.1) is 0 Å². The predicted octanol–water partition coefficient (Wildman–Crippen LogP) is 4.66. The van der Waals surface area contributed by atoms with E-state index in [0.29, 0.717) is 10.1 Å². The Labute approximate surface area is 120 Å². The Kier molecular flexibility index (Phi) is 4.14. The highest BCUT2D eigenvalue weighted by atomic mass is 35.5. The summed E-state index contributed by atoms with van der Waals surface area (Å²) >= 11 is 20.0. The predicted molar refractivity (Wildman–Crippen MR) is 75.9 cm³/mol. The van der Waals surface area contributed by atoms with Gasteiger partial charge in [0.15, 0.2) is 0 Å². The first-order chi connectivity index (χ1) is 8.04. The lowest BCUT2D eigenvalue weighted by Crippen LogP contribution is -1.97. The summed E-state index contributed by atoms with van der Waals surface area (Å²) in [6, 6.07) is 0. The van der Waals surface area contributed by atoms with Gasteiger partial charge in [0.2, 0.25) is 0 Å². The van der Waals surface area contributed by atoms with Crippen molar-refractivity contribution in [3.05, 3.63) is 26.9 Å². The van der Waals surface area contributed by atoms with Crippen LogP contribution in [0.25, 0.3) is 5.57 Å². The van der Waals surface area contributed by atoms with Crippen LogP contribution >= 0.6 is 46.6 Å². The minimum atomic E-state index is 0.633. The molecule has 0 atom stereocenters. The van der Waals surface area contributed by atoms with Gasteiger partial charge in [-0.3, -0.25) is 4.68 Å². The molecule has 1 heterocycles. The minimum Gasteiger partial charge on any atom is -0.260 e. The molecule has 1 aliphatic carbocycles. The van der Waals surface area contributed by atoms with E-state index in [1.54, 1.807) is 22.5 Å². The lowest BCUT2D eigenvalue weighted by atomic mass is 10.0. The molecule has 0 aliphatic heterocycles. The van der Waals surface area contributed by atoms with Crippen LogP contribution in [0.2, 0.25) is 5.02 Å². The molecule has 0 saturated carbocycles. The molecular formula is C11H11Cl3N2S. The number of rotatable bonds is 2. The van der Waals surface area contributed by atoms with Crippen molar-refractivity contribution in [3.8, 4) is 0 Å². The molecule has 92 valence electrons. The molecule has 0 unspecified atom stereocenters.